The van der Waals surface area contributed by atoms with Crippen LogP contribution >= 0.6 is 0 Å². The van der Waals surface area contributed by atoms with E-state index < -0.39 is 0 Å². The van der Waals surface area contributed by atoms with Crippen LogP contribution in [0.2, 0.25) is 0 Å². The van der Waals surface area contributed by atoms with Crippen molar-refractivity contribution in [2.45, 2.75) is 19.3 Å². The summed E-state index contributed by atoms with van der Waals surface area (Å²) in [5, 5.41) is 7.01. The molecule has 0 aliphatic heterocycles. The van der Waals surface area contributed by atoms with Gasteiger partial charge in [0, 0.05) is 55.8 Å². The molecule has 308 valence electrons. The standard InChI is InChI=1S/C60H41N3O2/c1-60(2)51-33-40-30-29-38-17-12-13-26-46(38)48(40)36-50(51)56-52(60)37-53-58(65-59(61-53)39-18-6-3-7-19-39)57(56)63(45-31-32-55-49(35-45)47-27-14-15-28-54(47)64-55)44-25-16-24-43(34-44)62(41-20-8-4-9-21-41)42-22-10-5-11-23-42/h3-37H,1-2H3. The molecule has 10 aromatic carbocycles. The third-order valence-electron chi connectivity index (χ3n) is 13.4. The fourth-order valence-electron chi connectivity index (χ4n) is 10.3. The van der Waals surface area contributed by atoms with Crippen molar-refractivity contribution in [1.29, 1.82) is 0 Å². The Morgan fingerprint density at radius 2 is 1.03 bits per heavy atom. The third kappa shape index (κ3) is 5.82. The van der Waals surface area contributed by atoms with E-state index in [1.807, 2.05) is 30.3 Å². The molecule has 5 heteroatoms. The molecule has 0 atom stereocenters. The lowest BCUT2D eigenvalue weighted by Crippen LogP contribution is -2.17. The van der Waals surface area contributed by atoms with Gasteiger partial charge in [0.15, 0.2) is 5.58 Å². The molecule has 0 fully saturated rings. The molecule has 1 aliphatic rings. The average Bonchev–Trinajstić information content (AvgIpc) is 4.02. The molecule has 0 saturated heterocycles. The van der Waals surface area contributed by atoms with E-state index in [0.29, 0.717) is 5.89 Å². The van der Waals surface area contributed by atoms with Crippen molar-refractivity contribution in [2.24, 2.45) is 0 Å². The summed E-state index contributed by atoms with van der Waals surface area (Å²) in [4.78, 5) is 10.0. The van der Waals surface area contributed by atoms with Crippen LogP contribution < -0.4 is 9.80 Å². The van der Waals surface area contributed by atoms with Crippen LogP contribution in [0.3, 0.4) is 0 Å². The lowest BCUT2D eigenvalue weighted by molar-refractivity contribution is 0.620. The van der Waals surface area contributed by atoms with Crippen LogP contribution in [0.1, 0.15) is 25.0 Å². The predicted molar refractivity (Wildman–Crippen MR) is 269 cm³/mol. The molecule has 1 aliphatic carbocycles. The molecule has 65 heavy (non-hydrogen) atoms. The summed E-state index contributed by atoms with van der Waals surface area (Å²) in [6.45, 7) is 4.70. The second kappa shape index (κ2) is 14.3. The van der Waals surface area contributed by atoms with Crippen molar-refractivity contribution in [2.75, 3.05) is 9.80 Å². The fourth-order valence-corrected chi connectivity index (χ4v) is 10.3. The van der Waals surface area contributed by atoms with Crippen LogP contribution in [-0.2, 0) is 5.41 Å². The SMILES string of the molecule is CC1(C)c2cc3ccc4ccccc4c3cc2-c2c1cc1nc(-c3ccccc3)oc1c2N(c1cccc(N(c2ccccc2)c2ccccc2)c1)c1ccc2oc3ccccc3c2c1. The number of fused-ring (bicyclic) bond motifs is 10. The minimum Gasteiger partial charge on any atom is -0.456 e. The number of benzene rings is 10. The lowest BCUT2D eigenvalue weighted by Gasteiger charge is -2.31. The number of hydrogen-bond donors (Lipinski definition) is 0. The van der Waals surface area contributed by atoms with Crippen molar-refractivity contribution in [3.63, 3.8) is 0 Å². The second-order valence-electron chi connectivity index (χ2n) is 17.6. The maximum absolute atomic E-state index is 7.15. The number of oxazole rings is 1. The normalized spacial score (nSPS) is 12.9. The Labute approximate surface area is 376 Å². The highest BCUT2D eigenvalue weighted by Gasteiger charge is 2.41. The predicted octanol–water partition coefficient (Wildman–Crippen LogP) is 16.9. The van der Waals surface area contributed by atoms with Crippen molar-refractivity contribution in [3.8, 4) is 22.6 Å². The van der Waals surface area contributed by atoms with E-state index in [1.165, 1.54) is 38.2 Å². The zero-order valence-corrected chi connectivity index (χ0v) is 35.9. The molecular weight excluding hydrogens is 795 g/mol. The number of furan rings is 1. The summed E-state index contributed by atoms with van der Waals surface area (Å²) < 4.78 is 13.6. The quantitative estimate of drug-likeness (QED) is 0.150. The first-order valence-electron chi connectivity index (χ1n) is 22.2. The van der Waals surface area contributed by atoms with Gasteiger partial charge in [-0.25, -0.2) is 4.98 Å². The summed E-state index contributed by atoms with van der Waals surface area (Å²) in [6.07, 6.45) is 0. The highest BCUT2D eigenvalue weighted by molar-refractivity contribution is 6.14. The maximum Gasteiger partial charge on any atom is 0.227 e. The zero-order chi connectivity index (χ0) is 43.2. The Balaban J connectivity index is 1.15. The summed E-state index contributed by atoms with van der Waals surface area (Å²) in [5.74, 6) is 0.581. The van der Waals surface area contributed by atoms with Crippen LogP contribution in [0.5, 0.6) is 0 Å². The lowest BCUT2D eigenvalue weighted by atomic mass is 9.81. The van der Waals surface area contributed by atoms with Gasteiger partial charge >= 0.3 is 0 Å². The van der Waals surface area contributed by atoms with Gasteiger partial charge in [-0.3, -0.25) is 0 Å². The monoisotopic (exact) mass is 835 g/mol. The third-order valence-corrected chi connectivity index (χ3v) is 13.4. The van der Waals surface area contributed by atoms with E-state index in [0.717, 1.165) is 78.3 Å². The van der Waals surface area contributed by atoms with E-state index in [1.54, 1.807) is 0 Å². The summed E-state index contributed by atoms with van der Waals surface area (Å²) in [7, 11) is 0. The molecule has 13 rings (SSSR count). The van der Waals surface area contributed by atoms with E-state index in [9.17, 15) is 0 Å². The minimum atomic E-state index is -0.366. The highest BCUT2D eigenvalue weighted by atomic mass is 16.3. The smallest absolute Gasteiger partial charge is 0.227 e. The number of para-hydroxylation sites is 3. The highest BCUT2D eigenvalue weighted by Crippen LogP contribution is 2.58. The van der Waals surface area contributed by atoms with E-state index >= 15 is 0 Å². The molecule has 0 N–H and O–H groups in total. The summed E-state index contributed by atoms with van der Waals surface area (Å²) >= 11 is 0. The molecule has 0 bridgehead atoms. The maximum atomic E-state index is 7.15. The first-order valence-corrected chi connectivity index (χ1v) is 22.2. The summed E-state index contributed by atoms with van der Waals surface area (Å²) in [5.41, 5.74) is 14.6. The van der Waals surface area contributed by atoms with Gasteiger partial charge in [0.25, 0.3) is 0 Å². The van der Waals surface area contributed by atoms with Crippen molar-refractivity contribution >= 4 is 88.7 Å². The van der Waals surface area contributed by atoms with Gasteiger partial charge in [-0.05, 0) is 135 Å². The Morgan fingerprint density at radius 1 is 0.415 bits per heavy atom. The first kappa shape index (κ1) is 37.2. The van der Waals surface area contributed by atoms with E-state index in [4.69, 9.17) is 13.8 Å². The Morgan fingerprint density at radius 3 is 1.80 bits per heavy atom. The zero-order valence-electron chi connectivity index (χ0n) is 35.9. The first-order chi connectivity index (χ1) is 32.0. The topological polar surface area (TPSA) is 45.7 Å². The van der Waals surface area contributed by atoms with Crippen molar-refractivity contribution < 1.29 is 8.83 Å². The van der Waals surface area contributed by atoms with Gasteiger partial charge in [0.05, 0.1) is 5.69 Å². The largest absolute Gasteiger partial charge is 0.456 e. The molecule has 0 saturated carbocycles. The number of hydrogen-bond acceptors (Lipinski definition) is 5. The second-order valence-corrected chi connectivity index (χ2v) is 17.6. The van der Waals surface area contributed by atoms with Crippen molar-refractivity contribution in [1.82, 2.24) is 4.98 Å². The minimum absolute atomic E-state index is 0.366. The van der Waals surface area contributed by atoms with Gasteiger partial charge in [-0.1, -0.05) is 129 Å². The van der Waals surface area contributed by atoms with Crippen LogP contribution in [-0.4, -0.2) is 4.98 Å². The fraction of sp³-hybridized carbons (Fsp3) is 0.0500. The van der Waals surface area contributed by atoms with E-state index in [2.05, 4.69) is 206 Å². The molecule has 0 radical (unpaired) electrons. The van der Waals surface area contributed by atoms with Gasteiger partial charge in [-0.15, -0.1) is 0 Å². The van der Waals surface area contributed by atoms with Crippen LogP contribution in [0.4, 0.5) is 34.1 Å². The van der Waals surface area contributed by atoms with Gasteiger partial charge in [-0.2, -0.15) is 0 Å². The molecule has 5 nitrogen and oxygen atoms in total. The Kier molecular flexibility index (Phi) is 8.18. The number of anilines is 6. The molecule has 2 heterocycles. The molecule has 12 aromatic rings. The summed E-state index contributed by atoms with van der Waals surface area (Å²) in [6, 6.07) is 75.4. The van der Waals surface area contributed by atoms with Crippen LogP contribution in [0.15, 0.2) is 221 Å². The molecule has 0 spiro atoms. The Hall–Kier alpha value is -8.41. The number of aromatic nitrogens is 1. The molecule has 0 amide bonds. The molecule has 2 aromatic heterocycles. The van der Waals surface area contributed by atoms with Crippen LogP contribution in [0, 0.1) is 0 Å². The van der Waals surface area contributed by atoms with Crippen molar-refractivity contribution in [3.05, 3.63) is 223 Å². The Bertz CT molecular complexity index is 3770. The van der Waals surface area contributed by atoms with E-state index in [-0.39, 0.29) is 5.41 Å². The number of nitrogens with zero attached hydrogens (tertiary/aromatic N) is 3. The average molecular weight is 836 g/mol. The molecule has 0 unspecified atom stereocenters. The molecular formula is C60H41N3O2. The van der Waals surface area contributed by atoms with Gasteiger partial charge in [0.1, 0.15) is 16.7 Å². The van der Waals surface area contributed by atoms with Gasteiger partial charge in [0.2, 0.25) is 5.89 Å². The van der Waals surface area contributed by atoms with Crippen LogP contribution in [0.25, 0.3) is 77.2 Å². The number of rotatable bonds is 7. The van der Waals surface area contributed by atoms with Gasteiger partial charge < -0.3 is 18.6 Å².